The molecule has 17 heavy (non-hydrogen) atoms. The molecule has 1 atom stereocenters. The van der Waals surface area contributed by atoms with Crippen molar-refractivity contribution < 1.29 is 5.11 Å². The maximum Gasteiger partial charge on any atom is 0.120 e. The van der Waals surface area contributed by atoms with E-state index in [2.05, 4.69) is 16.8 Å². The van der Waals surface area contributed by atoms with Crippen LogP contribution in [0.4, 0.5) is 0 Å². The lowest BCUT2D eigenvalue weighted by Crippen LogP contribution is -2.44. The zero-order chi connectivity index (χ0) is 12.3. The van der Waals surface area contributed by atoms with Gasteiger partial charge in [-0.05, 0) is 18.2 Å². The third-order valence-corrected chi connectivity index (χ3v) is 3.31. The Balaban J connectivity index is 2.27. The van der Waals surface area contributed by atoms with E-state index >= 15 is 0 Å². The van der Waals surface area contributed by atoms with E-state index in [0.29, 0.717) is 5.02 Å². The topological polar surface area (TPSA) is 35.5 Å². The van der Waals surface area contributed by atoms with Gasteiger partial charge < -0.3 is 10.4 Å². The molecule has 1 aliphatic heterocycles. The fraction of sp³-hybridized carbons (Fsp3) is 0.385. The molecule has 4 heteroatoms. The third-order valence-electron chi connectivity index (χ3n) is 3.08. The number of phenols is 1. The highest BCUT2D eigenvalue weighted by Gasteiger charge is 2.21. The minimum absolute atomic E-state index is 0.0239. The quantitative estimate of drug-likeness (QED) is 0.810. The molecule has 0 amide bonds. The lowest BCUT2D eigenvalue weighted by molar-refractivity contribution is 0.201. The van der Waals surface area contributed by atoms with E-state index in [9.17, 15) is 5.11 Å². The van der Waals surface area contributed by atoms with Crippen LogP contribution < -0.4 is 5.32 Å². The van der Waals surface area contributed by atoms with Crippen LogP contribution in [0.25, 0.3) is 0 Å². The number of piperazine rings is 1. The summed E-state index contributed by atoms with van der Waals surface area (Å²) in [6.07, 6.45) is 1.86. The molecular formula is C13H17ClN2O. The number of phenolic OH excluding ortho intramolecular Hbond substituents is 1. The maximum atomic E-state index is 9.92. The van der Waals surface area contributed by atoms with Gasteiger partial charge in [0.1, 0.15) is 5.75 Å². The highest BCUT2D eigenvalue weighted by atomic mass is 35.5. The summed E-state index contributed by atoms with van der Waals surface area (Å²) in [6.45, 7) is 7.69. The summed E-state index contributed by atoms with van der Waals surface area (Å²) in [5, 5.41) is 13.9. The number of hydrogen-bond acceptors (Lipinski definition) is 3. The molecule has 0 bridgehead atoms. The van der Waals surface area contributed by atoms with E-state index in [1.54, 1.807) is 12.1 Å². The minimum atomic E-state index is 0.0239. The van der Waals surface area contributed by atoms with Gasteiger partial charge in [-0.2, -0.15) is 0 Å². The van der Waals surface area contributed by atoms with Crippen LogP contribution in [0, 0.1) is 0 Å². The van der Waals surface area contributed by atoms with E-state index in [4.69, 9.17) is 11.6 Å². The molecule has 0 radical (unpaired) electrons. The number of nitrogens with zero attached hydrogens (tertiary/aromatic N) is 1. The van der Waals surface area contributed by atoms with Crippen LogP contribution in [0.3, 0.4) is 0 Å². The summed E-state index contributed by atoms with van der Waals surface area (Å²) in [6, 6.07) is 5.16. The first-order chi connectivity index (χ1) is 8.22. The number of hydrogen-bond donors (Lipinski definition) is 2. The van der Waals surface area contributed by atoms with E-state index in [-0.39, 0.29) is 11.8 Å². The Morgan fingerprint density at radius 3 is 2.76 bits per heavy atom. The van der Waals surface area contributed by atoms with Gasteiger partial charge in [0.15, 0.2) is 0 Å². The summed E-state index contributed by atoms with van der Waals surface area (Å²) in [5.74, 6) is 0.276. The Hall–Kier alpha value is -1.03. The first-order valence-electron chi connectivity index (χ1n) is 5.78. The summed E-state index contributed by atoms with van der Waals surface area (Å²) < 4.78 is 0. The van der Waals surface area contributed by atoms with Crippen LogP contribution in [-0.2, 0) is 0 Å². The molecule has 0 unspecified atom stereocenters. The van der Waals surface area contributed by atoms with Crippen molar-refractivity contribution in [1.82, 2.24) is 10.2 Å². The molecule has 0 aliphatic carbocycles. The van der Waals surface area contributed by atoms with Gasteiger partial charge in [0.05, 0.1) is 6.04 Å². The van der Waals surface area contributed by atoms with Crippen LogP contribution in [0.5, 0.6) is 5.75 Å². The average Bonchev–Trinajstić information content (AvgIpc) is 2.36. The van der Waals surface area contributed by atoms with Crippen molar-refractivity contribution in [3.05, 3.63) is 41.4 Å². The second-order valence-corrected chi connectivity index (χ2v) is 4.61. The van der Waals surface area contributed by atoms with Crippen molar-refractivity contribution in [3.63, 3.8) is 0 Å². The maximum absolute atomic E-state index is 9.92. The largest absolute Gasteiger partial charge is 0.508 e. The predicted octanol–water partition coefficient (Wildman–Crippen LogP) is 2.18. The molecular weight excluding hydrogens is 236 g/mol. The number of halogens is 1. The van der Waals surface area contributed by atoms with Gasteiger partial charge >= 0.3 is 0 Å². The van der Waals surface area contributed by atoms with Gasteiger partial charge in [0, 0.05) is 36.8 Å². The molecule has 1 aliphatic rings. The van der Waals surface area contributed by atoms with E-state index < -0.39 is 0 Å². The lowest BCUT2D eigenvalue weighted by atomic mass is 10.0. The first-order valence-corrected chi connectivity index (χ1v) is 6.16. The molecule has 3 nitrogen and oxygen atoms in total. The molecule has 1 aromatic carbocycles. The molecule has 1 saturated heterocycles. The standard InChI is InChI=1S/C13H17ClN2O/c1-2-12(16-7-5-15-6-8-16)11-9-10(14)3-4-13(11)17/h2-4,9,12,15,17H,1,5-8H2/t12-/m1/s1. The van der Waals surface area contributed by atoms with Crippen LogP contribution in [0.2, 0.25) is 5.02 Å². The molecule has 0 spiro atoms. The molecule has 2 N–H and O–H groups in total. The van der Waals surface area contributed by atoms with Crippen molar-refractivity contribution >= 4 is 11.6 Å². The van der Waals surface area contributed by atoms with E-state index in [1.807, 2.05) is 12.1 Å². The van der Waals surface area contributed by atoms with Crippen molar-refractivity contribution in [1.29, 1.82) is 0 Å². The minimum Gasteiger partial charge on any atom is -0.508 e. The fourth-order valence-electron chi connectivity index (χ4n) is 2.20. The molecule has 1 fully saturated rings. The lowest BCUT2D eigenvalue weighted by Gasteiger charge is -2.33. The van der Waals surface area contributed by atoms with Crippen molar-refractivity contribution in [2.24, 2.45) is 0 Å². The summed E-state index contributed by atoms with van der Waals surface area (Å²) in [4.78, 5) is 2.29. The molecule has 1 aromatic rings. The van der Waals surface area contributed by atoms with Crippen molar-refractivity contribution in [2.45, 2.75) is 6.04 Å². The van der Waals surface area contributed by atoms with Crippen molar-refractivity contribution in [3.8, 4) is 5.75 Å². The zero-order valence-corrected chi connectivity index (χ0v) is 10.5. The second-order valence-electron chi connectivity index (χ2n) is 4.17. The number of rotatable bonds is 3. The molecule has 1 heterocycles. The summed E-state index contributed by atoms with van der Waals surface area (Å²) in [7, 11) is 0. The Bertz CT molecular complexity index is 402. The molecule has 2 rings (SSSR count). The van der Waals surface area contributed by atoms with E-state index in [0.717, 1.165) is 31.7 Å². The fourth-order valence-corrected chi connectivity index (χ4v) is 2.38. The average molecular weight is 253 g/mol. The molecule has 0 saturated carbocycles. The Morgan fingerprint density at radius 1 is 1.41 bits per heavy atom. The van der Waals surface area contributed by atoms with Gasteiger partial charge in [-0.3, -0.25) is 4.90 Å². The highest BCUT2D eigenvalue weighted by Crippen LogP contribution is 2.31. The number of nitrogens with one attached hydrogen (secondary N) is 1. The van der Waals surface area contributed by atoms with Gasteiger partial charge in [0.2, 0.25) is 0 Å². The number of benzene rings is 1. The monoisotopic (exact) mass is 252 g/mol. The van der Waals surface area contributed by atoms with Gasteiger partial charge in [-0.1, -0.05) is 17.7 Å². The first kappa shape index (κ1) is 12.4. The Morgan fingerprint density at radius 2 is 2.12 bits per heavy atom. The van der Waals surface area contributed by atoms with E-state index in [1.165, 1.54) is 0 Å². The number of aromatic hydroxyl groups is 1. The Labute approximate surface area is 107 Å². The zero-order valence-electron chi connectivity index (χ0n) is 9.69. The van der Waals surface area contributed by atoms with Gasteiger partial charge in [0.25, 0.3) is 0 Å². The summed E-state index contributed by atoms with van der Waals surface area (Å²) >= 11 is 5.98. The van der Waals surface area contributed by atoms with Crippen molar-refractivity contribution in [2.75, 3.05) is 26.2 Å². The van der Waals surface area contributed by atoms with Crippen LogP contribution in [0.1, 0.15) is 11.6 Å². The smallest absolute Gasteiger partial charge is 0.120 e. The third kappa shape index (κ3) is 2.80. The second kappa shape index (κ2) is 5.54. The molecule has 0 aromatic heterocycles. The predicted molar refractivity (Wildman–Crippen MR) is 70.5 cm³/mol. The Kier molecular flexibility index (Phi) is 4.05. The van der Waals surface area contributed by atoms with Crippen LogP contribution in [0.15, 0.2) is 30.9 Å². The normalized spacial score (nSPS) is 18.9. The highest BCUT2D eigenvalue weighted by molar-refractivity contribution is 6.30. The van der Waals surface area contributed by atoms with Gasteiger partial charge in [-0.25, -0.2) is 0 Å². The molecule has 92 valence electrons. The SMILES string of the molecule is C=C[C@H](c1cc(Cl)ccc1O)N1CCNCC1. The van der Waals surface area contributed by atoms with Crippen LogP contribution >= 0.6 is 11.6 Å². The van der Waals surface area contributed by atoms with Crippen LogP contribution in [-0.4, -0.2) is 36.2 Å². The summed E-state index contributed by atoms with van der Waals surface area (Å²) in [5.41, 5.74) is 0.828. The van der Waals surface area contributed by atoms with Gasteiger partial charge in [-0.15, -0.1) is 6.58 Å².